The van der Waals surface area contributed by atoms with Gasteiger partial charge in [0.05, 0.1) is 36.3 Å². The van der Waals surface area contributed by atoms with Gasteiger partial charge in [0.1, 0.15) is 5.75 Å². The second kappa shape index (κ2) is 8.74. The Morgan fingerprint density at radius 2 is 2.15 bits per heavy atom. The van der Waals surface area contributed by atoms with E-state index in [-0.39, 0.29) is 31.4 Å². The number of hydrogen-bond donors (Lipinski definition) is 0. The predicted molar refractivity (Wildman–Crippen MR) is 111 cm³/mol. The van der Waals surface area contributed by atoms with Gasteiger partial charge in [0, 0.05) is 25.9 Å². The van der Waals surface area contributed by atoms with Crippen LogP contribution in [-0.4, -0.2) is 56.7 Å². The van der Waals surface area contributed by atoms with E-state index in [2.05, 4.69) is 0 Å². The Morgan fingerprint density at radius 3 is 2.94 bits per heavy atom. The molecule has 1 saturated carbocycles. The zero-order chi connectivity index (χ0) is 23.2. The van der Waals surface area contributed by atoms with Crippen molar-refractivity contribution in [3.05, 3.63) is 29.3 Å². The molecular formula is C24H30F3NO5. The number of alkyl halides is 3. The summed E-state index contributed by atoms with van der Waals surface area (Å²) < 4.78 is 62.3. The third kappa shape index (κ3) is 4.23. The molecule has 3 aliphatic heterocycles. The molecule has 0 spiro atoms. The highest BCUT2D eigenvalue weighted by Crippen LogP contribution is 2.53. The topological polar surface area (TPSA) is 57.2 Å². The minimum absolute atomic E-state index is 0.0437. The van der Waals surface area contributed by atoms with Gasteiger partial charge >= 0.3 is 6.18 Å². The first-order chi connectivity index (χ1) is 15.8. The van der Waals surface area contributed by atoms with Crippen molar-refractivity contribution < 1.29 is 36.9 Å². The maximum Gasteiger partial charge on any atom is 0.416 e. The normalized spacial score (nSPS) is 34.0. The number of ether oxygens (including phenoxy) is 4. The third-order valence-corrected chi connectivity index (χ3v) is 7.90. The molecule has 182 valence electrons. The van der Waals surface area contributed by atoms with Crippen LogP contribution in [0.5, 0.6) is 5.75 Å². The maximum absolute atomic E-state index is 13.8. The van der Waals surface area contributed by atoms with E-state index in [0.717, 1.165) is 44.4 Å². The summed E-state index contributed by atoms with van der Waals surface area (Å²) in [7, 11) is 1.71. The van der Waals surface area contributed by atoms with Crippen molar-refractivity contribution in [2.45, 2.75) is 57.0 Å². The maximum atomic E-state index is 13.8. The number of benzene rings is 1. The molecule has 1 aliphatic carbocycles. The quantitative estimate of drug-likeness (QED) is 0.667. The lowest BCUT2D eigenvalue weighted by Crippen LogP contribution is -2.48. The van der Waals surface area contributed by atoms with Crippen LogP contribution < -0.4 is 4.74 Å². The number of halogens is 3. The largest absolute Gasteiger partial charge is 0.473 e. The highest BCUT2D eigenvalue weighted by molar-refractivity contribution is 5.84. The van der Waals surface area contributed by atoms with E-state index < -0.39 is 17.2 Å². The molecule has 4 aliphatic rings. The van der Waals surface area contributed by atoms with Gasteiger partial charge in [0.25, 0.3) is 0 Å². The molecule has 1 aromatic rings. The van der Waals surface area contributed by atoms with Crippen molar-refractivity contribution in [3.63, 3.8) is 0 Å². The van der Waals surface area contributed by atoms with Crippen LogP contribution >= 0.6 is 0 Å². The molecule has 0 radical (unpaired) electrons. The van der Waals surface area contributed by atoms with Crippen LogP contribution in [0.1, 0.15) is 43.2 Å². The minimum atomic E-state index is -4.44. The SMILES string of the molecule is CO[C@H]1COCC[C@H]1C[C@@H]1C[C@H]2OCC[C@@]2(C(=O)N2COc3ccc(C(F)(F)F)cc3C2)C1. The first kappa shape index (κ1) is 22.9. The molecule has 2 saturated heterocycles. The summed E-state index contributed by atoms with van der Waals surface area (Å²) in [5.74, 6) is 1.07. The number of rotatable bonds is 4. The molecule has 5 atom stereocenters. The molecule has 0 bridgehead atoms. The number of hydrogen-bond acceptors (Lipinski definition) is 5. The van der Waals surface area contributed by atoms with Crippen molar-refractivity contribution >= 4 is 5.91 Å². The smallest absolute Gasteiger partial charge is 0.416 e. The average molecular weight is 470 g/mol. The summed E-state index contributed by atoms with van der Waals surface area (Å²) in [6, 6.07) is 3.44. The summed E-state index contributed by atoms with van der Waals surface area (Å²) in [4.78, 5) is 15.3. The van der Waals surface area contributed by atoms with Crippen LogP contribution in [0, 0.1) is 17.3 Å². The van der Waals surface area contributed by atoms with Gasteiger partial charge in [-0.3, -0.25) is 4.79 Å². The molecule has 0 N–H and O–H groups in total. The molecule has 0 aromatic heterocycles. The molecule has 9 heteroatoms. The van der Waals surface area contributed by atoms with Crippen LogP contribution in [0.25, 0.3) is 0 Å². The zero-order valence-corrected chi connectivity index (χ0v) is 18.7. The molecule has 33 heavy (non-hydrogen) atoms. The van der Waals surface area contributed by atoms with Crippen molar-refractivity contribution in [3.8, 4) is 5.75 Å². The van der Waals surface area contributed by atoms with E-state index in [9.17, 15) is 18.0 Å². The Hall–Kier alpha value is -1.84. The lowest BCUT2D eigenvalue weighted by Gasteiger charge is -2.37. The third-order valence-electron chi connectivity index (χ3n) is 7.90. The zero-order valence-electron chi connectivity index (χ0n) is 18.7. The fraction of sp³-hybridized carbons (Fsp3) is 0.708. The molecule has 1 aromatic carbocycles. The number of carbonyl (C=O) groups is 1. The van der Waals surface area contributed by atoms with Crippen LogP contribution in [-0.2, 0) is 31.7 Å². The summed E-state index contributed by atoms with van der Waals surface area (Å²) in [5, 5.41) is 0. The molecule has 3 heterocycles. The van der Waals surface area contributed by atoms with Crippen LogP contribution in [0.15, 0.2) is 18.2 Å². The number of methoxy groups -OCH3 is 1. The van der Waals surface area contributed by atoms with Crippen molar-refractivity contribution in [1.82, 2.24) is 4.90 Å². The second-order valence-electron chi connectivity index (χ2n) is 9.80. The molecule has 5 rings (SSSR count). The first-order valence-corrected chi connectivity index (χ1v) is 11.6. The Labute approximate surface area is 191 Å². The van der Waals surface area contributed by atoms with Gasteiger partial charge in [-0.05, 0) is 62.1 Å². The van der Waals surface area contributed by atoms with Gasteiger partial charge in [-0.2, -0.15) is 13.2 Å². The lowest BCUT2D eigenvalue weighted by atomic mass is 9.78. The van der Waals surface area contributed by atoms with Crippen molar-refractivity contribution in [1.29, 1.82) is 0 Å². The predicted octanol–water partition coefficient (Wildman–Crippen LogP) is 4.01. The monoisotopic (exact) mass is 469 g/mol. The summed E-state index contributed by atoms with van der Waals surface area (Å²) in [5.41, 5.74) is -0.971. The molecule has 6 nitrogen and oxygen atoms in total. The van der Waals surface area contributed by atoms with Gasteiger partial charge < -0.3 is 23.8 Å². The van der Waals surface area contributed by atoms with E-state index in [4.69, 9.17) is 18.9 Å². The van der Waals surface area contributed by atoms with Crippen molar-refractivity contribution in [2.75, 3.05) is 33.7 Å². The lowest BCUT2D eigenvalue weighted by molar-refractivity contribution is -0.149. The Morgan fingerprint density at radius 1 is 1.30 bits per heavy atom. The van der Waals surface area contributed by atoms with Gasteiger partial charge in [-0.15, -0.1) is 0 Å². The number of amides is 1. The summed E-state index contributed by atoms with van der Waals surface area (Å²) in [6.45, 7) is 2.02. The van der Waals surface area contributed by atoms with Crippen LogP contribution in [0.4, 0.5) is 13.2 Å². The van der Waals surface area contributed by atoms with E-state index in [1.165, 1.54) is 6.07 Å². The standard InChI is InChI=1S/C24H30F3NO5/c1-30-20-13-31-6-4-16(20)8-15-9-21-23(11-15,5-7-32-21)22(29)28-12-17-10-18(24(25,26)27)2-3-19(17)33-14-28/h2-3,10,15-16,20-21H,4-9,11-14H2,1H3/t15-,16+,20+,21-,23-/m1/s1. The van der Waals surface area contributed by atoms with Crippen LogP contribution in [0.2, 0.25) is 0 Å². The van der Waals surface area contributed by atoms with Gasteiger partial charge in [0.15, 0.2) is 6.73 Å². The van der Waals surface area contributed by atoms with E-state index in [1.54, 1.807) is 12.0 Å². The molecule has 1 amide bonds. The Balaban J connectivity index is 1.31. The van der Waals surface area contributed by atoms with Gasteiger partial charge in [-0.25, -0.2) is 0 Å². The molecular weight excluding hydrogens is 439 g/mol. The minimum Gasteiger partial charge on any atom is -0.473 e. The average Bonchev–Trinajstić information content (AvgIpc) is 3.35. The summed E-state index contributed by atoms with van der Waals surface area (Å²) >= 11 is 0. The van der Waals surface area contributed by atoms with E-state index in [1.807, 2.05) is 0 Å². The van der Waals surface area contributed by atoms with E-state index in [0.29, 0.717) is 42.8 Å². The number of fused-ring (bicyclic) bond motifs is 2. The van der Waals surface area contributed by atoms with Crippen molar-refractivity contribution in [2.24, 2.45) is 17.3 Å². The fourth-order valence-electron chi connectivity index (χ4n) is 6.22. The highest BCUT2D eigenvalue weighted by Gasteiger charge is 2.58. The Bertz CT molecular complexity index is 893. The fourth-order valence-corrected chi connectivity index (χ4v) is 6.22. The Kier molecular flexibility index (Phi) is 6.07. The second-order valence-corrected chi connectivity index (χ2v) is 9.80. The van der Waals surface area contributed by atoms with Gasteiger partial charge in [0.2, 0.25) is 5.91 Å². The molecule has 3 fully saturated rings. The van der Waals surface area contributed by atoms with Crippen LogP contribution in [0.3, 0.4) is 0 Å². The number of carbonyl (C=O) groups excluding carboxylic acids is 1. The summed E-state index contributed by atoms with van der Waals surface area (Å²) in [6.07, 6.45) is -0.419. The van der Waals surface area contributed by atoms with E-state index >= 15 is 0 Å². The van der Waals surface area contributed by atoms with Gasteiger partial charge in [-0.1, -0.05) is 0 Å². The number of nitrogens with zero attached hydrogens (tertiary/aromatic N) is 1. The highest BCUT2D eigenvalue weighted by atomic mass is 19.4. The first-order valence-electron chi connectivity index (χ1n) is 11.6. The molecule has 0 unspecified atom stereocenters.